The van der Waals surface area contributed by atoms with Crippen LogP contribution in [0.4, 0.5) is 4.39 Å². The first kappa shape index (κ1) is 13.7. The molecule has 2 rings (SSSR count). The summed E-state index contributed by atoms with van der Waals surface area (Å²) in [6, 6.07) is 4.08. The molecule has 0 atom stereocenters. The van der Waals surface area contributed by atoms with E-state index in [2.05, 4.69) is 4.74 Å². The molecule has 20 heavy (non-hydrogen) atoms. The number of hydrogen-bond acceptors (Lipinski definition) is 4. The van der Waals surface area contributed by atoms with Crippen molar-refractivity contribution in [1.29, 1.82) is 5.26 Å². The molecule has 0 bridgehead atoms. The van der Waals surface area contributed by atoms with Gasteiger partial charge in [-0.05, 0) is 24.6 Å². The molecular weight excluding hydrogens is 263 g/mol. The lowest BCUT2D eigenvalue weighted by Crippen LogP contribution is -2.18. The van der Waals surface area contributed by atoms with E-state index < -0.39 is 17.2 Å². The van der Waals surface area contributed by atoms with Crippen LogP contribution < -0.4 is 5.43 Å². The number of aryl methyl sites for hydroxylation is 1. The zero-order chi connectivity index (χ0) is 14.9. The fourth-order valence-corrected chi connectivity index (χ4v) is 2.12. The summed E-state index contributed by atoms with van der Waals surface area (Å²) in [5.41, 5.74) is 0.226. The fourth-order valence-electron chi connectivity index (χ4n) is 2.12. The highest BCUT2D eigenvalue weighted by Gasteiger charge is 2.14. The molecule has 5 nitrogen and oxygen atoms in total. The number of halogens is 1. The van der Waals surface area contributed by atoms with Crippen molar-refractivity contribution in [3.05, 3.63) is 45.5 Å². The Balaban J connectivity index is 2.87. The normalized spacial score (nSPS) is 10.3. The first-order chi connectivity index (χ1) is 9.47. The van der Waals surface area contributed by atoms with Crippen molar-refractivity contribution in [2.45, 2.75) is 13.5 Å². The van der Waals surface area contributed by atoms with Crippen molar-refractivity contribution in [2.24, 2.45) is 0 Å². The van der Waals surface area contributed by atoms with Crippen LogP contribution in [0, 0.1) is 24.1 Å². The monoisotopic (exact) mass is 274 g/mol. The summed E-state index contributed by atoms with van der Waals surface area (Å²) < 4.78 is 19.5. The first-order valence-electron chi connectivity index (χ1n) is 5.78. The third kappa shape index (κ3) is 2.26. The highest BCUT2D eigenvalue weighted by molar-refractivity contribution is 5.84. The van der Waals surface area contributed by atoms with E-state index in [1.54, 1.807) is 13.0 Å². The molecule has 0 amide bonds. The van der Waals surface area contributed by atoms with Crippen LogP contribution in [-0.2, 0) is 16.1 Å². The van der Waals surface area contributed by atoms with Crippen LogP contribution in [-0.4, -0.2) is 17.6 Å². The van der Waals surface area contributed by atoms with Gasteiger partial charge in [-0.3, -0.25) is 9.59 Å². The minimum absolute atomic E-state index is 0.0745. The lowest BCUT2D eigenvalue weighted by molar-refractivity contribution is -0.141. The number of carbonyl (C=O) groups is 1. The van der Waals surface area contributed by atoms with Gasteiger partial charge in [0.05, 0.1) is 18.0 Å². The van der Waals surface area contributed by atoms with E-state index in [-0.39, 0.29) is 17.5 Å². The minimum Gasteiger partial charge on any atom is -0.468 e. The Hall–Kier alpha value is -2.68. The summed E-state index contributed by atoms with van der Waals surface area (Å²) in [6.45, 7) is 1.47. The molecule has 0 radical (unpaired) electrons. The lowest BCUT2D eigenvalue weighted by atomic mass is 10.1. The number of carbonyl (C=O) groups excluding carboxylic acids is 1. The SMILES string of the molecule is COC(=O)Cn1cc(C#N)c(=O)c2cc(F)cc(C)c21. The Morgan fingerprint density at radius 2 is 2.20 bits per heavy atom. The lowest BCUT2D eigenvalue weighted by Gasteiger charge is -2.12. The molecule has 0 aliphatic carbocycles. The second-order valence-electron chi connectivity index (χ2n) is 4.31. The molecule has 0 aliphatic heterocycles. The number of pyridine rings is 1. The van der Waals surface area contributed by atoms with E-state index in [0.717, 1.165) is 6.07 Å². The molecule has 1 aromatic heterocycles. The number of hydrogen-bond donors (Lipinski definition) is 0. The number of ether oxygens (including phenoxy) is 1. The first-order valence-corrected chi connectivity index (χ1v) is 5.78. The van der Waals surface area contributed by atoms with E-state index in [1.165, 1.54) is 23.9 Å². The fraction of sp³-hybridized carbons (Fsp3) is 0.214. The Labute approximate surface area is 113 Å². The number of rotatable bonds is 2. The summed E-state index contributed by atoms with van der Waals surface area (Å²) in [7, 11) is 1.24. The van der Waals surface area contributed by atoms with Crippen LogP contribution in [0.1, 0.15) is 11.1 Å². The van der Waals surface area contributed by atoms with Crippen molar-refractivity contribution in [1.82, 2.24) is 4.57 Å². The van der Waals surface area contributed by atoms with Gasteiger partial charge in [0.2, 0.25) is 5.43 Å². The van der Waals surface area contributed by atoms with Crippen molar-refractivity contribution < 1.29 is 13.9 Å². The predicted molar refractivity (Wildman–Crippen MR) is 69.6 cm³/mol. The zero-order valence-corrected chi connectivity index (χ0v) is 10.9. The minimum atomic E-state index is -0.563. The number of aromatic nitrogens is 1. The average molecular weight is 274 g/mol. The quantitative estimate of drug-likeness (QED) is 0.778. The molecule has 0 N–H and O–H groups in total. The van der Waals surface area contributed by atoms with E-state index in [1.807, 2.05) is 0 Å². The largest absolute Gasteiger partial charge is 0.468 e. The van der Waals surface area contributed by atoms with Gasteiger partial charge in [-0.1, -0.05) is 0 Å². The topological polar surface area (TPSA) is 72.1 Å². The van der Waals surface area contributed by atoms with Crippen LogP contribution in [0.25, 0.3) is 10.9 Å². The highest BCUT2D eigenvalue weighted by atomic mass is 19.1. The maximum atomic E-state index is 13.5. The van der Waals surface area contributed by atoms with E-state index in [9.17, 15) is 14.0 Å². The molecular formula is C14H11FN2O3. The third-order valence-corrected chi connectivity index (χ3v) is 2.97. The molecule has 0 saturated carbocycles. The van der Waals surface area contributed by atoms with Gasteiger partial charge in [-0.25, -0.2) is 4.39 Å². The van der Waals surface area contributed by atoms with Gasteiger partial charge in [-0.15, -0.1) is 0 Å². The highest BCUT2D eigenvalue weighted by Crippen LogP contribution is 2.18. The van der Waals surface area contributed by atoms with Crippen LogP contribution in [0.3, 0.4) is 0 Å². The number of nitriles is 1. The number of esters is 1. The molecule has 0 saturated heterocycles. The predicted octanol–water partition coefficient (Wildman–Crippen LogP) is 1.49. The van der Waals surface area contributed by atoms with Gasteiger partial charge in [0.15, 0.2) is 0 Å². The Morgan fingerprint density at radius 1 is 1.50 bits per heavy atom. The average Bonchev–Trinajstić information content (AvgIpc) is 2.41. The second-order valence-corrected chi connectivity index (χ2v) is 4.31. The standard InChI is InChI=1S/C14H11FN2O3/c1-8-3-10(15)4-11-13(8)17(7-12(18)20-2)6-9(5-16)14(11)19/h3-4,6H,7H2,1-2H3. The maximum Gasteiger partial charge on any atom is 0.325 e. The number of benzene rings is 1. The summed E-state index contributed by atoms with van der Waals surface area (Å²) in [6.07, 6.45) is 1.28. The van der Waals surface area contributed by atoms with Crippen LogP contribution in [0.5, 0.6) is 0 Å². The van der Waals surface area contributed by atoms with Gasteiger partial charge in [0.1, 0.15) is 24.0 Å². The molecule has 1 aromatic carbocycles. The molecule has 1 heterocycles. The Morgan fingerprint density at radius 3 is 2.80 bits per heavy atom. The third-order valence-electron chi connectivity index (χ3n) is 2.97. The Bertz CT molecular complexity index is 803. The van der Waals surface area contributed by atoms with Crippen molar-refractivity contribution >= 4 is 16.9 Å². The molecule has 0 spiro atoms. The van der Waals surface area contributed by atoms with Crippen molar-refractivity contribution in [2.75, 3.05) is 7.11 Å². The second kappa shape index (κ2) is 5.13. The number of methoxy groups -OCH3 is 1. The van der Waals surface area contributed by atoms with Gasteiger partial charge < -0.3 is 9.30 Å². The van der Waals surface area contributed by atoms with Crippen molar-refractivity contribution in [3.63, 3.8) is 0 Å². The summed E-state index contributed by atoms with van der Waals surface area (Å²) in [4.78, 5) is 23.5. The van der Waals surface area contributed by atoms with E-state index in [0.29, 0.717) is 11.1 Å². The zero-order valence-electron chi connectivity index (χ0n) is 10.9. The number of nitrogens with zero attached hydrogens (tertiary/aromatic N) is 2. The maximum absolute atomic E-state index is 13.5. The summed E-state index contributed by atoms with van der Waals surface area (Å²) in [5, 5.41) is 9.03. The van der Waals surface area contributed by atoms with E-state index >= 15 is 0 Å². The van der Waals surface area contributed by atoms with Crippen LogP contribution in [0.2, 0.25) is 0 Å². The van der Waals surface area contributed by atoms with Gasteiger partial charge in [0.25, 0.3) is 0 Å². The molecule has 6 heteroatoms. The molecule has 102 valence electrons. The molecule has 0 fully saturated rings. The number of fused-ring (bicyclic) bond motifs is 1. The molecule has 0 aliphatic rings. The van der Waals surface area contributed by atoms with Crippen LogP contribution in [0.15, 0.2) is 23.1 Å². The Kier molecular flexibility index (Phi) is 3.53. The van der Waals surface area contributed by atoms with Crippen LogP contribution >= 0.6 is 0 Å². The summed E-state index contributed by atoms with van der Waals surface area (Å²) >= 11 is 0. The van der Waals surface area contributed by atoms with Gasteiger partial charge in [0, 0.05) is 6.20 Å². The smallest absolute Gasteiger partial charge is 0.325 e. The van der Waals surface area contributed by atoms with Crippen molar-refractivity contribution in [3.8, 4) is 6.07 Å². The molecule has 2 aromatic rings. The molecule has 0 unspecified atom stereocenters. The summed E-state index contributed by atoms with van der Waals surface area (Å²) in [5.74, 6) is -1.09. The van der Waals surface area contributed by atoms with E-state index in [4.69, 9.17) is 5.26 Å². The van der Waals surface area contributed by atoms with Gasteiger partial charge in [-0.2, -0.15) is 5.26 Å². The van der Waals surface area contributed by atoms with Gasteiger partial charge >= 0.3 is 5.97 Å².